The minimum Gasteiger partial charge on any atom is -0.338 e. The second-order valence-corrected chi connectivity index (χ2v) is 5.58. The minimum atomic E-state index is 0.532. The van der Waals surface area contributed by atoms with E-state index in [1.54, 1.807) is 0 Å². The molecule has 0 amide bonds. The first-order valence-electron chi connectivity index (χ1n) is 6.97. The van der Waals surface area contributed by atoms with E-state index in [1.165, 1.54) is 5.56 Å². The summed E-state index contributed by atoms with van der Waals surface area (Å²) in [6.45, 7) is 9.37. The van der Waals surface area contributed by atoms with Gasteiger partial charge in [-0.25, -0.2) is 9.97 Å². The summed E-state index contributed by atoms with van der Waals surface area (Å²) in [5.74, 6) is 0.865. The third-order valence-electron chi connectivity index (χ3n) is 4.08. The third-order valence-corrected chi connectivity index (χ3v) is 4.08. The predicted molar refractivity (Wildman–Crippen MR) is 78.4 cm³/mol. The van der Waals surface area contributed by atoms with E-state index < -0.39 is 0 Å². The van der Waals surface area contributed by atoms with Crippen LogP contribution in [0.3, 0.4) is 0 Å². The quantitative estimate of drug-likeness (QED) is 0.882. The van der Waals surface area contributed by atoms with E-state index in [0.717, 1.165) is 31.3 Å². The summed E-state index contributed by atoms with van der Waals surface area (Å²) in [7, 11) is 4.13. The molecule has 0 aromatic carbocycles. The first kappa shape index (κ1) is 14.2. The fourth-order valence-corrected chi connectivity index (χ4v) is 2.56. The van der Waals surface area contributed by atoms with Gasteiger partial charge in [-0.05, 0) is 34.9 Å². The Morgan fingerprint density at radius 2 is 1.95 bits per heavy atom. The zero-order valence-electron chi connectivity index (χ0n) is 12.6. The van der Waals surface area contributed by atoms with Gasteiger partial charge < -0.3 is 10.2 Å². The second kappa shape index (κ2) is 5.84. The molecule has 1 aromatic rings. The normalized spacial score (nSPS) is 24.8. The Labute approximate surface area is 116 Å². The molecular formula is C14H25N5. The van der Waals surface area contributed by atoms with Crippen LogP contribution in [-0.2, 0) is 6.54 Å². The molecule has 0 radical (unpaired) electrons. The molecule has 19 heavy (non-hydrogen) atoms. The number of likely N-dealkylation sites (N-methyl/N-ethyl adjacent to an activating group) is 1. The summed E-state index contributed by atoms with van der Waals surface area (Å²) in [6.07, 6.45) is 1.95. The third kappa shape index (κ3) is 3.04. The standard InChI is InChI=1S/C14H25N5/c1-10-8-19(9-11(2)18(10)5)14-16-7-13(6-15-4)12(3)17-14/h7,10-11,15H,6,8-9H2,1-5H3. The molecule has 2 heterocycles. The molecule has 1 N–H and O–H groups in total. The molecule has 1 aromatic heterocycles. The van der Waals surface area contributed by atoms with Crippen LogP contribution in [-0.4, -0.2) is 54.1 Å². The number of hydrogen-bond donors (Lipinski definition) is 1. The molecule has 1 fully saturated rings. The van der Waals surface area contributed by atoms with Crippen molar-refractivity contribution in [3.63, 3.8) is 0 Å². The summed E-state index contributed by atoms with van der Waals surface area (Å²) in [6, 6.07) is 1.06. The highest BCUT2D eigenvalue weighted by molar-refractivity contribution is 5.34. The van der Waals surface area contributed by atoms with Gasteiger partial charge in [0.05, 0.1) is 0 Å². The molecule has 2 unspecified atom stereocenters. The van der Waals surface area contributed by atoms with Crippen LogP contribution in [0.4, 0.5) is 5.95 Å². The fourth-order valence-electron chi connectivity index (χ4n) is 2.56. The van der Waals surface area contributed by atoms with Crippen LogP contribution < -0.4 is 10.2 Å². The van der Waals surface area contributed by atoms with E-state index in [1.807, 2.05) is 13.2 Å². The number of nitrogens with zero attached hydrogens (tertiary/aromatic N) is 4. The molecule has 0 saturated carbocycles. The van der Waals surface area contributed by atoms with Crippen molar-refractivity contribution in [3.8, 4) is 0 Å². The highest BCUT2D eigenvalue weighted by Gasteiger charge is 2.27. The highest BCUT2D eigenvalue weighted by atomic mass is 15.3. The van der Waals surface area contributed by atoms with Crippen LogP contribution in [0.15, 0.2) is 6.20 Å². The van der Waals surface area contributed by atoms with Crippen molar-refractivity contribution in [2.75, 3.05) is 32.1 Å². The van der Waals surface area contributed by atoms with E-state index in [0.29, 0.717) is 12.1 Å². The van der Waals surface area contributed by atoms with Crippen LogP contribution in [0.2, 0.25) is 0 Å². The maximum absolute atomic E-state index is 4.67. The largest absolute Gasteiger partial charge is 0.338 e. The van der Waals surface area contributed by atoms with Gasteiger partial charge in [-0.2, -0.15) is 0 Å². The first-order valence-corrected chi connectivity index (χ1v) is 6.97. The summed E-state index contributed by atoms with van der Waals surface area (Å²) < 4.78 is 0. The molecule has 5 nitrogen and oxygen atoms in total. The van der Waals surface area contributed by atoms with Gasteiger partial charge in [-0.3, -0.25) is 4.90 Å². The van der Waals surface area contributed by atoms with Crippen LogP contribution in [0, 0.1) is 6.92 Å². The highest BCUT2D eigenvalue weighted by Crippen LogP contribution is 2.19. The second-order valence-electron chi connectivity index (χ2n) is 5.58. The Bertz CT molecular complexity index is 422. The number of nitrogens with one attached hydrogen (secondary N) is 1. The van der Waals surface area contributed by atoms with Crippen LogP contribution >= 0.6 is 0 Å². The molecular weight excluding hydrogens is 238 g/mol. The monoisotopic (exact) mass is 263 g/mol. The number of rotatable bonds is 3. The summed E-state index contributed by atoms with van der Waals surface area (Å²) in [5.41, 5.74) is 2.24. The first-order chi connectivity index (χ1) is 9.02. The molecule has 0 aliphatic carbocycles. The van der Waals surface area contributed by atoms with Crippen molar-refractivity contribution in [2.24, 2.45) is 0 Å². The average Bonchev–Trinajstić information content (AvgIpc) is 2.38. The molecule has 1 aliphatic rings. The van der Waals surface area contributed by atoms with Gasteiger partial charge in [0.25, 0.3) is 0 Å². The number of piperazine rings is 1. The number of aromatic nitrogens is 2. The summed E-state index contributed by atoms with van der Waals surface area (Å²) >= 11 is 0. The lowest BCUT2D eigenvalue weighted by Crippen LogP contribution is -2.55. The maximum Gasteiger partial charge on any atom is 0.225 e. The predicted octanol–water partition coefficient (Wildman–Crippen LogP) is 1.03. The molecule has 106 valence electrons. The van der Waals surface area contributed by atoms with E-state index in [2.05, 4.69) is 52.9 Å². The molecule has 2 rings (SSSR count). The van der Waals surface area contributed by atoms with E-state index in [-0.39, 0.29) is 0 Å². The van der Waals surface area contributed by atoms with Crippen molar-refractivity contribution in [3.05, 3.63) is 17.5 Å². The molecule has 0 spiro atoms. The van der Waals surface area contributed by atoms with Gasteiger partial charge in [-0.1, -0.05) is 0 Å². The lowest BCUT2D eigenvalue weighted by Gasteiger charge is -2.42. The smallest absolute Gasteiger partial charge is 0.225 e. The number of anilines is 1. The van der Waals surface area contributed by atoms with E-state index >= 15 is 0 Å². The zero-order chi connectivity index (χ0) is 14.0. The van der Waals surface area contributed by atoms with Gasteiger partial charge in [0.1, 0.15) is 0 Å². The van der Waals surface area contributed by atoms with Crippen molar-refractivity contribution >= 4 is 5.95 Å². The Hall–Kier alpha value is -1.20. The minimum absolute atomic E-state index is 0.532. The van der Waals surface area contributed by atoms with E-state index in [4.69, 9.17) is 0 Å². The lowest BCUT2D eigenvalue weighted by molar-refractivity contribution is 0.169. The van der Waals surface area contributed by atoms with Crippen molar-refractivity contribution in [2.45, 2.75) is 39.4 Å². The lowest BCUT2D eigenvalue weighted by atomic mass is 10.1. The van der Waals surface area contributed by atoms with Gasteiger partial charge in [0.15, 0.2) is 0 Å². The molecule has 5 heteroatoms. The molecule has 0 bridgehead atoms. The van der Waals surface area contributed by atoms with Crippen LogP contribution in [0.25, 0.3) is 0 Å². The average molecular weight is 263 g/mol. The SMILES string of the molecule is CNCc1cnc(N2CC(C)N(C)C(C)C2)nc1C. The Morgan fingerprint density at radius 1 is 1.32 bits per heavy atom. The number of hydrogen-bond acceptors (Lipinski definition) is 5. The van der Waals surface area contributed by atoms with Crippen molar-refractivity contribution in [1.82, 2.24) is 20.2 Å². The van der Waals surface area contributed by atoms with Gasteiger partial charge >= 0.3 is 0 Å². The maximum atomic E-state index is 4.67. The topological polar surface area (TPSA) is 44.3 Å². The van der Waals surface area contributed by atoms with Gasteiger partial charge in [0.2, 0.25) is 5.95 Å². The van der Waals surface area contributed by atoms with Gasteiger partial charge in [0, 0.05) is 49.2 Å². The van der Waals surface area contributed by atoms with Gasteiger partial charge in [-0.15, -0.1) is 0 Å². The summed E-state index contributed by atoms with van der Waals surface area (Å²) in [5, 5.41) is 3.14. The molecule has 1 aliphatic heterocycles. The zero-order valence-corrected chi connectivity index (χ0v) is 12.6. The molecule has 2 atom stereocenters. The number of aryl methyl sites for hydroxylation is 1. The Balaban J connectivity index is 2.16. The Kier molecular flexibility index (Phi) is 4.37. The Morgan fingerprint density at radius 3 is 2.47 bits per heavy atom. The van der Waals surface area contributed by atoms with Crippen LogP contribution in [0.1, 0.15) is 25.1 Å². The fraction of sp³-hybridized carbons (Fsp3) is 0.714. The van der Waals surface area contributed by atoms with Crippen molar-refractivity contribution < 1.29 is 0 Å². The summed E-state index contributed by atoms with van der Waals surface area (Å²) in [4.78, 5) is 13.9. The van der Waals surface area contributed by atoms with Crippen molar-refractivity contribution in [1.29, 1.82) is 0 Å². The van der Waals surface area contributed by atoms with Crippen LogP contribution in [0.5, 0.6) is 0 Å². The molecule has 1 saturated heterocycles. The van der Waals surface area contributed by atoms with E-state index in [9.17, 15) is 0 Å².